The molecule has 1 aliphatic carbocycles. The van der Waals surface area contributed by atoms with Crippen molar-refractivity contribution < 1.29 is 38.2 Å². The Labute approximate surface area is 223 Å². The lowest BCUT2D eigenvalue weighted by molar-refractivity contribution is -0.155. The molecule has 206 valence electrons. The van der Waals surface area contributed by atoms with Gasteiger partial charge in [-0.1, -0.05) is 30.3 Å². The van der Waals surface area contributed by atoms with E-state index in [1.165, 1.54) is 12.7 Å². The van der Waals surface area contributed by atoms with E-state index < -0.39 is 17.4 Å². The fourth-order valence-corrected chi connectivity index (χ4v) is 4.74. The maximum absolute atomic E-state index is 12.7. The summed E-state index contributed by atoms with van der Waals surface area (Å²) in [6, 6.07) is 10.3. The molecule has 0 saturated heterocycles. The van der Waals surface area contributed by atoms with Crippen LogP contribution in [0.15, 0.2) is 41.6 Å². The highest BCUT2D eigenvalue weighted by Gasteiger charge is 2.56. The van der Waals surface area contributed by atoms with Crippen molar-refractivity contribution >= 4 is 29.5 Å². The number of hydrogen-bond acceptors (Lipinski definition) is 9. The van der Waals surface area contributed by atoms with Crippen molar-refractivity contribution in [2.24, 2.45) is 5.41 Å². The smallest absolute Gasteiger partial charge is 0.335 e. The second-order valence-electron chi connectivity index (χ2n) is 9.87. The molecule has 1 fully saturated rings. The Morgan fingerprint density at radius 2 is 1.63 bits per heavy atom. The van der Waals surface area contributed by atoms with E-state index in [0.29, 0.717) is 31.3 Å². The molecule has 0 radical (unpaired) electrons. The van der Waals surface area contributed by atoms with Crippen molar-refractivity contribution in [2.75, 3.05) is 26.9 Å². The monoisotopic (exact) mass is 527 g/mol. The first kappa shape index (κ1) is 29.1. The van der Waals surface area contributed by atoms with Crippen molar-refractivity contribution in [2.45, 2.75) is 71.3 Å². The number of esters is 3. The standard InChI is InChI=1S/C29H37NO8/c1-20(22-9-5-4-6-10-22)30-16-13-24(21(30)2)27(34)37-17-8-12-25(32)29(14-15-29)28(35)38-18-7-11-23(31)19-26(33)36-3/h4-6,9-10,20H,7-8,11-19H2,1-3H3/t20-/m0/s1. The third-order valence-electron chi connectivity index (χ3n) is 7.32. The molecule has 1 aromatic carbocycles. The minimum absolute atomic E-state index is 0.00671. The highest BCUT2D eigenvalue weighted by molar-refractivity contribution is 6.06. The lowest BCUT2D eigenvalue weighted by Crippen LogP contribution is -2.28. The molecule has 0 bridgehead atoms. The van der Waals surface area contributed by atoms with Crippen molar-refractivity contribution in [3.8, 4) is 0 Å². The van der Waals surface area contributed by atoms with Crippen molar-refractivity contribution in [1.29, 1.82) is 0 Å². The maximum Gasteiger partial charge on any atom is 0.335 e. The summed E-state index contributed by atoms with van der Waals surface area (Å²) in [6.45, 7) is 4.90. The maximum atomic E-state index is 12.7. The predicted molar refractivity (Wildman–Crippen MR) is 138 cm³/mol. The second kappa shape index (κ2) is 13.3. The summed E-state index contributed by atoms with van der Waals surface area (Å²) in [5.41, 5.74) is 1.64. The number of carbonyl (C=O) groups excluding carboxylic acids is 5. The van der Waals surface area contributed by atoms with Gasteiger partial charge in [-0.25, -0.2) is 4.79 Å². The van der Waals surface area contributed by atoms with Gasteiger partial charge < -0.3 is 19.1 Å². The highest BCUT2D eigenvalue weighted by Crippen LogP contribution is 2.48. The third-order valence-corrected chi connectivity index (χ3v) is 7.32. The van der Waals surface area contributed by atoms with Gasteiger partial charge in [-0.05, 0) is 51.5 Å². The van der Waals surface area contributed by atoms with Crippen LogP contribution in [0, 0.1) is 5.41 Å². The summed E-state index contributed by atoms with van der Waals surface area (Å²) in [6.07, 6.45) is 2.00. The second-order valence-corrected chi connectivity index (χ2v) is 9.87. The lowest BCUT2D eigenvalue weighted by atomic mass is 9.97. The quantitative estimate of drug-likeness (QED) is 0.145. The molecular weight excluding hydrogens is 490 g/mol. The van der Waals surface area contributed by atoms with Crippen LogP contribution in [0.4, 0.5) is 0 Å². The number of allylic oxidation sites excluding steroid dienone is 1. The zero-order valence-corrected chi connectivity index (χ0v) is 22.5. The minimum atomic E-state index is -1.11. The number of Topliss-reactive ketones (excluding diaryl/α,β-unsaturated/α-hetero) is 2. The van der Waals surface area contributed by atoms with Crippen LogP contribution >= 0.6 is 0 Å². The summed E-state index contributed by atoms with van der Waals surface area (Å²) >= 11 is 0. The Morgan fingerprint density at radius 1 is 0.974 bits per heavy atom. The van der Waals surface area contributed by atoms with Gasteiger partial charge in [-0.2, -0.15) is 0 Å². The summed E-state index contributed by atoms with van der Waals surface area (Å²) < 4.78 is 15.1. The molecule has 1 aliphatic heterocycles. The molecule has 3 rings (SSSR count). The summed E-state index contributed by atoms with van der Waals surface area (Å²) in [5.74, 6) is -2.03. The van der Waals surface area contributed by atoms with Gasteiger partial charge in [-0.15, -0.1) is 0 Å². The van der Waals surface area contributed by atoms with E-state index >= 15 is 0 Å². The highest BCUT2D eigenvalue weighted by atomic mass is 16.5. The Bertz CT molecular complexity index is 1070. The SMILES string of the molecule is COC(=O)CC(=O)CCCOC(=O)C1(C(=O)CCCOC(=O)C2=C(C)N([C@@H](C)c3ccccc3)CC2)CC1. The van der Waals surface area contributed by atoms with Crippen LogP contribution in [0.3, 0.4) is 0 Å². The van der Waals surface area contributed by atoms with Crippen LogP contribution in [0.5, 0.6) is 0 Å². The van der Waals surface area contributed by atoms with E-state index in [1.54, 1.807) is 0 Å². The van der Waals surface area contributed by atoms with Gasteiger partial charge in [-0.3, -0.25) is 19.2 Å². The molecule has 0 spiro atoms. The van der Waals surface area contributed by atoms with Gasteiger partial charge in [0.05, 0.1) is 31.9 Å². The van der Waals surface area contributed by atoms with Crippen LogP contribution in [0.1, 0.15) is 76.8 Å². The zero-order valence-electron chi connectivity index (χ0n) is 22.5. The first-order valence-electron chi connectivity index (χ1n) is 13.2. The number of hydrogen-bond donors (Lipinski definition) is 0. The number of carbonyl (C=O) groups is 5. The average molecular weight is 528 g/mol. The van der Waals surface area contributed by atoms with Gasteiger partial charge in [0.15, 0.2) is 0 Å². The van der Waals surface area contributed by atoms with Crippen molar-refractivity contribution in [3.63, 3.8) is 0 Å². The number of rotatable bonds is 15. The molecule has 0 N–H and O–H groups in total. The number of methoxy groups -OCH3 is 1. The molecule has 1 atom stereocenters. The Kier molecular flexibility index (Phi) is 10.2. The van der Waals surface area contributed by atoms with E-state index in [0.717, 1.165) is 12.2 Å². The summed E-state index contributed by atoms with van der Waals surface area (Å²) in [5, 5.41) is 0. The molecule has 9 heteroatoms. The van der Waals surface area contributed by atoms with Crippen LogP contribution < -0.4 is 0 Å². The molecule has 0 amide bonds. The number of benzene rings is 1. The van der Waals surface area contributed by atoms with E-state index in [-0.39, 0.29) is 62.5 Å². The number of ether oxygens (including phenoxy) is 3. The average Bonchev–Trinajstić information content (AvgIpc) is 3.65. The fourth-order valence-electron chi connectivity index (χ4n) is 4.74. The van der Waals surface area contributed by atoms with Gasteiger partial charge in [0.2, 0.25) is 0 Å². The van der Waals surface area contributed by atoms with Crippen LogP contribution in [-0.2, 0) is 38.2 Å². The van der Waals surface area contributed by atoms with Gasteiger partial charge >= 0.3 is 17.9 Å². The topological polar surface area (TPSA) is 116 Å². The van der Waals surface area contributed by atoms with Crippen molar-refractivity contribution in [3.05, 3.63) is 47.2 Å². The van der Waals surface area contributed by atoms with Crippen LogP contribution in [0.2, 0.25) is 0 Å². The van der Waals surface area contributed by atoms with Crippen LogP contribution in [0.25, 0.3) is 0 Å². The van der Waals surface area contributed by atoms with Crippen LogP contribution in [-0.4, -0.2) is 61.2 Å². The predicted octanol–water partition coefficient (Wildman–Crippen LogP) is 3.86. The van der Waals surface area contributed by atoms with E-state index in [4.69, 9.17) is 9.47 Å². The molecule has 1 heterocycles. The Morgan fingerprint density at radius 3 is 2.29 bits per heavy atom. The summed E-state index contributed by atoms with van der Waals surface area (Å²) in [7, 11) is 1.21. The molecule has 1 aromatic rings. The normalized spacial score (nSPS) is 16.6. The molecular formula is C29H37NO8. The molecule has 2 aliphatic rings. The largest absolute Gasteiger partial charge is 0.469 e. The number of ketones is 2. The van der Waals surface area contributed by atoms with Gasteiger partial charge in [0, 0.05) is 25.1 Å². The summed E-state index contributed by atoms with van der Waals surface area (Å²) in [4.78, 5) is 62.8. The first-order valence-corrected chi connectivity index (χ1v) is 13.2. The minimum Gasteiger partial charge on any atom is -0.469 e. The molecule has 0 unspecified atom stereocenters. The van der Waals surface area contributed by atoms with Gasteiger partial charge in [0.25, 0.3) is 0 Å². The van der Waals surface area contributed by atoms with Crippen molar-refractivity contribution in [1.82, 2.24) is 4.90 Å². The molecule has 0 aromatic heterocycles. The third kappa shape index (κ3) is 7.30. The first-order chi connectivity index (χ1) is 18.2. The van der Waals surface area contributed by atoms with E-state index in [2.05, 4.69) is 28.7 Å². The van der Waals surface area contributed by atoms with Gasteiger partial charge in [0.1, 0.15) is 23.4 Å². The molecule has 9 nitrogen and oxygen atoms in total. The van der Waals surface area contributed by atoms with E-state index in [9.17, 15) is 24.0 Å². The molecule has 38 heavy (non-hydrogen) atoms. The zero-order chi connectivity index (χ0) is 27.7. The van der Waals surface area contributed by atoms with E-state index in [1.807, 2.05) is 25.1 Å². The Balaban J connectivity index is 1.37. The molecule has 1 saturated carbocycles. The lowest BCUT2D eigenvalue weighted by Gasteiger charge is -2.28. The number of nitrogens with zero attached hydrogens (tertiary/aromatic N) is 1. The fraction of sp³-hybridized carbons (Fsp3) is 0.552. The Hall–Kier alpha value is -3.49.